The van der Waals surface area contributed by atoms with Crippen LogP contribution in [0.1, 0.15) is 0 Å². The van der Waals surface area contributed by atoms with Gasteiger partial charge in [-0.05, 0) is 74.8 Å². The molecule has 5 heteroatoms. The lowest BCUT2D eigenvalue weighted by Gasteiger charge is -2.18. The van der Waals surface area contributed by atoms with Gasteiger partial charge >= 0.3 is 0 Å². The summed E-state index contributed by atoms with van der Waals surface area (Å²) >= 11 is 0. The summed E-state index contributed by atoms with van der Waals surface area (Å²) in [6.07, 6.45) is 0. The fourth-order valence-corrected chi connectivity index (χ4v) is 9.84. The van der Waals surface area contributed by atoms with E-state index >= 15 is 0 Å². The van der Waals surface area contributed by atoms with Gasteiger partial charge in [0, 0.05) is 43.9 Å². The molecular formula is C57H35N5. The summed E-state index contributed by atoms with van der Waals surface area (Å²) in [6, 6.07) is 75.6. The van der Waals surface area contributed by atoms with Crippen LogP contribution in [0.4, 0.5) is 0 Å². The first-order valence-corrected chi connectivity index (χ1v) is 21.0. The monoisotopic (exact) mass is 789 g/mol. The van der Waals surface area contributed by atoms with Crippen LogP contribution in [0.25, 0.3) is 121 Å². The zero-order valence-corrected chi connectivity index (χ0v) is 33.4. The highest BCUT2D eigenvalue weighted by atomic mass is 15.1. The van der Waals surface area contributed by atoms with Gasteiger partial charge in [0.2, 0.25) is 0 Å². The maximum Gasteiger partial charge on any atom is 0.166 e. The Hall–Kier alpha value is -8.41. The van der Waals surface area contributed by atoms with Crippen molar-refractivity contribution in [2.24, 2.45) is 0 Å². The topological polar surface area (TPSA) is 48.5 Å². The second-order valence-electron chi connectivity index (χ2n) is 15.9. The Morgan fingerprint density at radius 1 is 0.274 bits per heavy atom. The number of hydrogen-bond acceptors (Lipinski definition) is 3. The smallest absolute Gasteiger partial charge is 0.166 e. The van der Waals surface area contributed by atoms with Gasteiger partial charge in [0.1, 0.15) is 0 Å². The van der Waals surface area contributed by atoms with E-state index in [1.165, 1.54) is 48.5 Å². The van der Waals surface area contributed by atoms with E-state index in [1.54, 1.807) is 0 Å². The van der Waals surface area contributed by atoms with Gasteiger partial charge in [0.05, 0.1) is 27.8 Å². The average Bonchev–Trinajstić information content (AvgIpc) is 3.87. The lowest BCUT2D eigenvalue weighted by atomic mass is 9.93. The molecule has 0 saturated heterocycles. The standard InChI is InChI=1S/C57H35N5/c1-3-17-36(18-4-1)55-58-56(37-31-32-43-41-23-8-7-21-39(41)40-22-9-10-24-42(40)49(43)35-37)60-57(59-55)48-34-33-47-46-27-13-14-28-50(46)61(38-19-5-2-6-20-38)53(47)54(48)62-51-29-15-11-25-44(51)45-26-12-16-30-52(45)62/h1-35H. The molecule has 3 heterocycles. The van der Waals surface area contributed by atoms with E-state index in [0.717, 1.165) is 55.5 Å². The number of hydrogen-bond donors (Lipinski definition) is 0. The number of nitrogens with zero attached hydrogens (tertiary/aromatic N) is 5. The average molecular weight is 790 g/mol. The van der Waals surface area contributed by atoms with Crippen molar-refractivity contribution in [3.63, 3.8) is 0 Å². The van der Waals surface area contributed by atoms with Gasteiger partial charge in [-0.15, -0.1) is 0 Å². The van der Waals surface area contributed by atoms with Crippen molar-refractivity contribution in [1.29, 1.82) is 0 Å². The zero-order valence-electron chi connectivity index (χ0n) is 33.4. The van der Waals surface area contributed by atoms with E-state index in [2.05, 4.69) is 203 Å². The normalized spacial score (nSPS) is 11.9. The van der Waals surface area contributed by atoms with Gasteiger partial charge in [0.25, 0.3) is 0 Å². The summed E-state index contributed by atoms with van der Waals surface area (Å²) in [5.41, 5.74) is 9.27. The summed E-state index contributed by atoms with van der Waals surface area (Å²) in [5, 5.41) is 12.0. The molecule has 0 fully saturated rings. The van der Waals surface area contributed by atoms with Crippen LogP contribution in [0, 0.1) is 0 Å². The van der Waals surface area contributed by atoms with E-state index in [-0.39, 0.29) is 0 Å². The maximum absolute atomic E-state index is 5.50. The van der Waals surface area contributed by atoms with Crippen LogP contribution in [-0.2, 0) is 0 Å². The Bertz CT molecular complexity index is 3830. The van der Waals surface area contributed by atoms with Crippen molar-refractivity contribution < 1.29 is 0 Å². The third kappa shape index (κ3) is 5.12. The molecule has 0 bridgehead atoms. The molecule has 0 N–H and O–H groups in total. The Morgan fingerprint density at radius 2 is 0.694 bits per heavy atom. The Labute approximate surface area is 356 Å². The summed E-state index contributed by atoms with van der Waals surface area (Å²) in [6.45, 7) is 0. The number of benzene rings is 10. The highest BCUT2D eigenvalue weighted by molar-refractivity contribution is 6.26. The van der Waals surface area contributed by atoms with E-state index in [4.69, 9.17) is 15.0 Å². The molecule has 0 saturated carbocycles. The van der Waals surface area contributed by atoms with Crippen LogP contribution in [0.5, 0.6) is 0 Å². The van der Waals surface area contributed by atoms with Crippen molar-refractivity contribution in [2.45, 2.75) is 0 Å². The molecule has 0 amide bonds. The van der Waals surface area contributed by atoms with Crippen molar-refractivity contribution in [2.75, 3.05) is 0 Å². The lowest BCUT2D eigenvalue weighted by Crippen LogP contribution is -2.06. The molecule has 0 aliphatic heterocycles. The van der Waals surface area contributed by atoms with Crippen LogP contribution in [-0.4, -0.2) is 24.1 Å². The first-order chi connectivity index (χ1) is 30.8. The predicted molar refractivity (Wildman–Crippen MR) is 257 cm³/mol. The van der Waals surface area contributed by atoms with E-state index in [9.17, 15) is 0 Å². The SMILES string of the molecule is c1ccc(-c2nc(-c3ccc4c5ccccc5c5ccccc5c4c3)nc(-c3ccc4c5ccccc5n(-c5ccccc5)c4c3-n3c4ccccc4c4ccccc43)n2)cc1. The predicted octanol–water partition coefficient (Wildman–Crippen LogP) is 14.5. The summed E-state index contributed by atoms with van der Waals surface area (Å²) in [5.74, 6) is 1.83. The van der Waals surface area contributed by atoms with Crippen LogP contribution >= 0.6 is 0 Å². The first kappa shape index (κ1) is 34.5. The molecule has 0 spiro atoms. The van der Waals surface area contributed by atoms with Gasteiger partial charge in [0.15, 0.2) is 17.5 Å². The minimum absolute atomic E-state index is 0.598. The largest absolute Gasteiger partial charge is 0.307 e. The fourth-order valence-electron chi connectivity index (χ4n) is 9.84. The molecule has 0 aliphatic carbocycles. The van der Waals surface area contributed by atoms with E-state index < -0.39 is 0 Å². The van der Waals surface area contributed by atoms with Gasteiger partial charge in [-0.3, -0.25) is 0 Å². The van der Waals surface area contributed by atoms with Crippen molar-refractivity contribution >= 4 is 75.9 Å². The second-order valence-corrected chi connectivity index (χ2v) is 15.9. The highest BCUT2D eigenvalue weighted by Gasteiger charge is 2.25. The quantitative estimate of drug-likeness (QED) is 0.163. The Balaban J connectivity index is 1.17. The molecule has 0 unspecified atom stereocenters. The molecule has 0 atom stereocenters. The van der Waals surface area contributed by atoms with Crippen molar-refractivity contribution in [3.05, 3.63) is 212 Å². The van der Waals surface area contributed by atoms with Gasteiger partial charge < -0.3 is 9.13 Å². The molecular weight excluding hydrogens is 755 g/mol. The summed E-state index contributed by atoms with van der Waals surface area (Å²) in [4.78, 5) is 16.2. The number of aromatic nitrogens is 5. The minimum Gasteiger partial charge on any atom is -0.307 e. The number of fused-ring (bicyclic) bond motifs is 12. The number of rotatable bonds is 5. The third-order valence-electron chi connectivity index (χ3n) is 12.5. The summed E-state index contributed by atoms with van der Waals surface area (Å²) < 4.78 is 4.84. The lowest BCUT2D eigenvalue weighted by molar-refractivity contribution is 1.06. The Kier molecular flexibility index (Phi) is 7.54. The second kappa shape index (κ2) is 13.6. The fraction of sp³-hybridized carbons (Fsp3) is 0. The van der Waals surface area contributed by atoms with Crippen LogP contribution < -0.4 is 0 Å². The Morgan fingerprint density at radius 3 is 1.29 bits per heavy atom. The van der Waals surface area contributed by atoms with Gasteiger partial charge in [-0.1, -0.05) is 170 Å². The van der Waals surface area contributed by atoms with E-state index in [1.807, 2.05) is 18.2 Å². The van der Waals surface area contributed by atoms with E-state index in [0.29, 0.717) is 17.5 Å². The van der Waals surface area contributed by atoms with Crippen molar-refractivity contribution in [1.82, 2.24) is 24.1 Å². The molecule has 13 aromatic rings. The van der Waals surface area contributed by atoms with Crippen LogP contribution in [0.3, 0.4) is 0 Å². The molecule has 5 nitrogen and oxygen atoms in total. The first-order valence-electron chi connectivity index (χ1n) is 21.0. The molecule has 3 aromatic heterocycles. The van der Waals surface area contributed by atoms with Gasteiger partial charge in [-0.2, -0.15) is 0 Å². The molecule has 0 radical (unpaired) electrons. The molecule has 10 aromatic carbocycles. The zero-order chi connectivity index (χ0) is 40.7. The maximum atomic E-state index is 5.50. The molecule has 62 heavy (non-hydrogen) atoms. The van der Waals surface area contributed by atoms with Crippen LogP contribution in [0.15, 0.2) is 212 Å². The summed E-state index contributed by atoms with van der Waals surface area (Å²) in [7, 11) is 0. The molecule has 13 rings (SSSR count). The van der Waals surface area contributed by atoms with Crippen molar-refractivity contribution in [3.8, 4) is 45.5 Å². The van der Waals surface area contributed by atoms with Gasteiger partial charge in [-0.25, -0.2) is 15.0 Å². The number of para-hydroxylation sites is 4. The van der Waals surface area contributed by atoms with Crippen LogP contribution in [0.2, 0.25) is 0 Å². The highest BCUT2D eigenvalue weighted by Crippen LogP contribution is 2.44. The molecule has 0 aliphatic rings. The molecule has 288 valence electrons. The minimum atomic E-state index is 0.598. The third-order valence-corrected chi connectivity index (χ3v) is 12.5.